The molecule has 0 spiro atoms. The van der Waals surface area contributed by atoms with Crippen LogP contribution in [0.15, 0.2) is 12.7 Å². The summed E-state index contributed by atoms with van der Waals surface area (Å²) in [5.41, 5.74) is 1.25. The van der Waals surface area contributed by atoms with Crippen molar-refractivity contribution in [3.63, 3.8) is 0 Å². The molecule has 2 unspecified atom stereocenters. The van der Waals surface area contributed by atoms with E-state index in [0.717, 1.165) is 6.42 Å². The van der Waals surface area contributed by atoms with E-state index in [1.54, 1.807) is 6.33 Å². The lowest BCUT2D eigenvalue weighted by molar-refractivity contribution is -0.161. The van der Waals surface area contributed by atoms with Crippen molar-refractivity contribution in [2.24, 2.45) is 5.92 Å². The maximum atomic E-state index is 9.65. The van der Waals surface area contributed by atoms with Gasteiger partial charge in [0.15, 0.2) is 16.6 Å². The van der Waals surface area contributed by atoms with Gasteiger partial charge in [-0.3, -0.25) is 0 Å². The molecule has 8 heteroatoms. The van der Waals surface area contributed by atoms with Crippen LogP contribution in [0.1, 0.15) is 26.3 Å². The highest BCUT2D eigenvalue weighted by molar-refractivity contribution is 6.33. The van der Waals surface area contributed by atoms with Gasteiger partial charge in [0.2, 0.25) is 0 Å². The zero-order valence-corrected chi connectivity index (χ0v) is 13.1. The normalized spacial score (nSPS) is 33.5. The molecule has 1 aliphatic heterocycles. The summed E-state index contributed by atoms with van der Waals surface area (Å²) in [4.78, 5) is 12.6. The number of aliphatic hydroxyl groups excluding tert-OH is 1. The van der Waals surface area contributed by atoms with Crippen LogP contribution in [0.3, 0.4) is 0 Å². The number of aliphatic hydroxyl groups is 1. The van der Waals surface area contributed by atoms with Crippen LogP contribution in [-0.2, 0) is 9.47 Å². The summed E-state index contributed by atoms with van der Waals surface area (Å²) in [6, 6.07) is -0.000100. The monoisotopic (exact) mass is 324 g/mol. The zero-order chi connectivity index (χ0) is 15.5. The molecule has 118 valence electrons. The number of imidazole rings is 1. The molecule has 22 heavy (non-hydrogen) atoms. The van der Waals surface area contributed by atoms with Crippen molar-refractivity contribution in [1.82, 2.24) is 19.5 Å². The Bertz CT molecular complexity index is 719. The molecule has 2 fully saturated rings. The maximum absolute atomic E-state index is 9.65. The molecule has 2 aromatic heterocycles. The van der Waals surface area contributed by atoms with E-state index in [4.69, 9.17) is 21.1 Å². The number of hydrogen-bond acceptors (Lipinski definition) is 6. The Hall–Kier alpha value is -1.28. The summed E-state index contributed by atoms with van der Waals surface area (Å²) in [5, 5.41) is 9.98. The summed E-state index contributed by atoms with van der Waals surface area (Å²) >= 11 is 6.07. The third kappa shape index (κ3) is 2.04. The van der Waals surface area contributed by atoms with Crippen LogP contribution < -0.4 is 0 Å². The van der Waals surface area contributed by atoms with Gasteiger partial charge in [0.1, 0.15) is 17.9 Å². The lowest BCUT2D eigenvalue weighted by Gasteiger charge is -2.23. The number of hydrogen-bond donors (Lipinski definition) is 1. The third-order valence-electron chi connectivity index (χ3n) is 4.46. The van der Waals surface area contributed by atoms with E-state index in [2.05, 4.69) is 15.0 Å². The predicted molar refractivity (Wildman–Crippen MR) is 78.4 cm³/mol. The van der Waals surface area contributed by atoms with Crippen LogP contribution in [0.2, 0.25) is 5.15 Å². The van der Waals surface area contributed by atoms with Gasteiger partial charge in [-0.2, -0.15) is 0 Å². The second kappa shape index (κ2) is 4.86. The highest BCUT2D eigenvalue weighted by atomic mass is 35.5. The first-order valence-electron chi connectivity index (χ1n) is 7.30. The molecule has 7 nitrogen and oxygen atoms in total. The highest BCUT2D eigenvalue weighted by Crippen LogP contribution is 2.47. The Labute approximate surface area is 132 Å². The molecule has 0 radical (unpaired) electrons. The molecule has 1 saturated carbocycles. The minimum absolute atomic E-state index is 0.000100. The van der Waals surface area contributed by atoms with Crippen LogP contribution >= 0.6 is 11.6 Å². The van der Waals surface area contributed by atoms with Crippen molar-refractivity contribution < 1.29 is 14.6 Å². The van der Waals surface area contributed by atoms with E-state index < -0.39 is 5.79 Å². The molecular weight excluding hydrogens is 308 g/mol. The first-order valence-corrected chi connectivity index (χ1v) is 7.67. The Morgan fingerprint density at radius 3 is 2.86 bits per heavy atom. The average molecular weight is 325 g/mol. The minimum Gasteiger partial charge on any atom is -0.396 e. The van der Waals surface area contributed by atoms with Crippen LogP contribution in [-0.4, -0.2) is 49.2 Å². The Morgan fingerprint density at radius 2 is 2.09 bits per heavy atom. The average Bonchev–Trinajstić information content (AvgIpc) is 3.10. The predicted octanol–water partition coefficient (Wildman–Crippen LogP) is 1.55. The van der Waals surface area contributed by atoms with E-state index >= 15 is 0 Å². The fourth-order valence-corrected chi connectivity index (χ4v) is 3.75. The van der Waals surface area contributed by atoms with Gasteiger partial charge in [0, 0.05) is 12.5 Å². The first kappa shape index (κ1) is 14.3. The molecule has 3 heterocycles. The van der Waals surface area contributed by atoms with Crippen molar-refractivity contribution in [2.75, 3.05) is 6.61 Å². The second-order valence-electron chi connectivity index (χ2n) is 6.30. The Balaban J connectivity index is 1.77. The fourth-order valence-electron chi connectivity index (χ4n) is 3.57. The zero-order valence-electron chi connectivity index (χ0n) is 12.3. The van der Waals surface area contributed by atoms with Gasteiger partial charge in [-0.25, -0.2) is 15.0 Å². The van der Waals surface area contributed by atoms with Gasteiger partial charge in [-0.1, -0.05) is 11.6 Å². The highest BCUT2D eigenvalue weighted by Gasteiger charge is 2.54. The molecule has 4 rings (SSSR count). The fraction of sp³-hybridized carbons (Fsp3) is 0.643. The van der Waals surface area contributed by atoms with Crippen LogP contribution in [0, 0.1) is 5.92 Å². The van der Waals surface area contributed by atoms with Gasteiger partial charge in [-0.05, 0) is 20.3 Å². The van der Waals surface area contributed by atoms with E-state index in [-0.39, 0.29) is 30.8 Å². The van der Waals surface area contributed by atoms with Crippen molar-refractivity contribution in [3.8, 4) is 0 Å². The number of fused-ring (bicyclic) bond motifs is 2. The summed E-state index contributed by atoms with van der Waals surface area (Å²) in [6.07, 6.45) is 3.61. The Kier molecular flexibility index (Phi) is 3.16. The lowest BCUT2D eigenvalue weighted by Crippen LogP contribution is -2.27. The van der Waals surface area contributed by atoms with Crippen LogP contribution in [0.4, 0.5) is 0 Å². The third-order valence-corrected chi connectivity index (χ3v) is 4.73. The molecule has 2 aromatic rings. The van der Waals surface area contributed by atoms with E-state index in [1.165, 1.54) is 6.33 Å². The number of ether oxygens (including phenoxy) is 2. The maximum Gasteiger partial charge on any atom is 0.165 e. The van der Waals surface area contributed by atoms with Crippen molar-refractivity contribution in [2.45, 2.75) is 44.3 Å². The SMILES string of the molecule is CC1(C)OC2C(n3cnc4c(Cl)ncnc43)C[C@H](CO)[C@H]2O1. The van der Waals surface area contributed by atoms with Gasteiger partial charge in [0.25, 0.3) is 0 Å². The van der Waals surface area contributed by atoms with Crippen molar-refractivity contribution in [1.29, 1.82) is 0 Å². The van der Waals surface area contributed by atoms with E-state index in [9.17, 15) is 5.11 Å². The number of rotatable bonds is 2. The molecule has 1 saturated heterocycles. The topological polar surface area (TPSA) is 82.3 Å². The lowest BCUT2D eigenvalue weighted by atomic mass is 10.1. The van der Waals surface area contributed by atoms with Crippen molar-refractivity contribution in [3.05, 3.63) is 17.8 Å². The number of aromatic nitrogens is 4. The summed E-state index contributed by atoms with van der Waals surface area (Å²) < 4.78 is 14.0. The second-order valence-corrected chi connectivity index (χ2v) is 6.66. The molecule has 1 aliphatic carbocycles. The first-order chi connectivity index (χ1) is 10.5. The Morgan fingerprint density at radius 1 is 1.32 bits per heavy atom. The molecule has 0 bridgehead atoms. The standard InChI is InChI=1S/C14H17ClN4O3/c1-14(2)21-10-7(4-20)3-8(11(10)22-14)19-6-18-9-12(15)16-5-17-13(9)19/h5-8,10-11,20H,3-4H2,1-2H3/t7-,8?,10-,11?/m1/s1. The molecular formula is C14H17ClN4O3. The van der Waals surface area contributed by atoms with Gasteiger partial charge in [0.05, 0.1) is 18.5 Å². The van der Waals surface area contributed by atoms with Gasteiger partial charge < -0.3 is 19.1 Å². The molecule has 4 atom stereocenters. The van der Waals surface area contributed by atoms with E-state index in [1.807, 2.05) is 18.4 Å². The smallest absolute Gasteiger partial charge is 0.165 e. The number of halogens is 1. The van der Waals surface area contributed by atoms with E-state index in [0.29, 0.717) is 16.3 Å². The summed E-state index contributed by atoms with van der Waals surface area (Å²) in [6.45, 7) is 3.85. The molecule has 0 amide bonds. The van der Waals surface area contributed by atoms with Crippen LogP contribution in [0.5, 0.6) is 0 Å². The van der Waals surface area contributed by atoms with Gasteiger partial charge in [-0.15, -0.1) is 0 Å². The quantitative estimate of drug-likeness (QED) is 0.844. The molecule has 2 aliphatic rings. The largest absolute Gasteiger partial charge is 0.396 e. The van der Waals surface area contributed by atoms with Gasteiger partial charge >= 0.3 is 0 Å². The van der Waals surface area contributed by atoms with Crippen molar-refractivity contribution >= 4 is 22.8 Å². The summed E-state index contributed by atoms with van der Waals surface area (Å²) in [5.74, 6) is -0.615. The minimum atomic E-state index is -0.648. The molecule has 1 N–H and O–H groups in total. The summed E-state index contributed by atoms with van der Waals surface area (Å²) in [7, 11) is 0. The van der Waals surface area contributed by atoms with Crippen LogP contribution in [0.25, 0.3) is 11.2 Å². The number of nitrogens with zero attached hydrogens (tertiary/aromatic N) is 4. The molecule has 0 aromatic carbocycles.